The summed E-state index contributed by atoms with van der Waals surface area (Å²) in [6, 6.07) is 9.25. The number of nitrogens with two attached hydrogens (primary N) is 1. The number of ether oxygens (including phenoxy) is 1. The second-order valence-corrected chi connectivity index (χ2v) is 5.44. The molecule has 0 radical (unpaired) electrons. The lowest BCUT2D eigenvalue weighted by molar-refractivity contribution is 0.0939. The average molecular weight is 302 g/mol. The molecule has 1 aromatic carbocycles. The van der Waals surface area contributed by atoms with Gasteiger partial charge in [-0.3, -0.25) is 4.79 Å². The molecule has 5 nitrogen and oxygen atoms in total. The molecule has 22 heavy (non-hydrogen) atoms. The smallest absolute Gasteiger partial charge is 0.255 e. The molecule has 1 heterocycles. The van der Waals surface area contributed by atoms with Crippen LogP contribution in [0.5, 0.6) is 5.75 Å². The van der Waals surface area contributed by atoms with E-state index >= 15 is 0 Å². The predicted octanol–water partition coefficient (Wildman–Crippen LogP) is 3.02. The largest absolute Gasteiger partial charge is 0.491 e. The molecule has 0 aliphatic heterocycles. The highest BCUT2D eigenvalue weighted by Gasteiger charge is 2.14. The van der Waals surface area contributed by atoms with Crippen LogP contribution in [0.3, 0.4) is 0 Å². The van der Waals surface area contributed by atoms with Gasteiger partial charge in [0.2, 0.25) is 0 Å². The fourth-order valence-electron chi connectivity index (χ4n) is 2.08. The van der Waals surface area contributed by atoms with Gasteiger partial charge in [0.25, 0.3) is 5.91 Å². The van der Waals surface area contributed by atoms with Gasteiger partial charge in [0.05, 0.1) is 24.3 Å². The average Bonchev–Trinajstić information content (AvgIpc) is 2.96. The molecule has 0 spiro atoms. The van der Waals surface area contributed by atoms with Crippen molar-refractivity contribution < 1.29 is 13.9 Å². The van der Waals surface area contributed by atoms with E-state index in [0.717, 1.165) is 11.3 Å². The van der Waals surface area contributed by atoms with Crippen molar-refractivity contribution in [1.82, 2.24) is 5.32 Å². The summed E-state index contributed by atoms with van der Waals surface area (Å²) < 4.78 is 10.8. The summed E-state index contributed by atoms with van der Waals surface area (Å²) in [4.78, 5) is 12.1. The van der Waals surface area contributed by atoms with Gasteiger partial charge < -0.3 is 20.2 Å². The molecule has 0 aliphatic carbocycles. The first-order valence-electron chi connectivity index (χ1n) is 7.34. The third-order valence-corrected chi connectivity index (χ3v) is 3.22. The molecule has 1 unspecified atom stereocenters. The van der Waals surface area contributed by atoms with Crippen molar-refractivity contribution in [3.63, 3.8) is 0 Å². The van der Waals surface area contributed by atoms with Crippen LogP contribution in [0.15, 0.2) is 41.0 Å². The van der Waals surface area contributed by atoms with E-state index in [4.69, 9.17) is 14.9 Å². The van der Waals surface area contributed by atoms with Crippen LogP contribution in [0.1, 0.15) is 48.5 Å². The second-order valence-electron chi connectivity index (χ2n) is 5.44. The Morgan fingerprint density at radius 1 is 1.27 bits per heavy atom. The number of nitrogens with one attached hydrogen (secondary N) is 1. The molecule has 0 fully saturated rings. The fourth-order valence-corrected chi connectivity index (χ4v) is 2.08. The standard InChI is InChI=1S/C17H22N2O3/c1-11(2)22-15-6-4-13(5-7-15)12(3)19-17(20)14-8-16(9-18)21-10-14/h4-8,10-12H,9,18H2,1-3H3,(H,19,20). The van der Waals surface area contributed by atoms with Crippen LogP contribution in [-0.4, -0.2) is 12.0 Å². The summed E-state index contributed by atoms with van der Waals surface area (Å²) in [5, 5.41) is 2.93. The first-order valence-corrected chi connectivity index (χ1v) is 7.34. The third kappa shape index (κ3) is 4.11. The molecule has 0 aliphatic rings. The monoisotopic (exact) mass is 302 g/mol. The van der Waals surface area contributed by atoms with E-state index in [2.05, 4.69) is 5.32 Å². The topological polar surface area (TPSA) is 77.5 Å². The Labute approximate surface area is 130 Å². The van der Waals surface area contributed by atoms with E-state index < -0.39 is 0 Å². The zero-order chi connectivity index (χ0) is 16.1. The molecular weight excluding hydrogens is 280 g/mol. The number of benzene rings is 1. The number of carbonyl (C=O) groups excluding carboxylic acids is 1. The third-order valence-electron chi connectivity index (χ3n) is 3.22. The van der Waals surface area contributed by atoms with Crippen LogP contribution >= 0.6 is 0 Å². The molecule has 1 atom stereocenters. The van der Waals surface area contributed by atoms with Crippen LogP contribution in [0.4, 0.5) is 0 Å². The highest BCUT2D eigenvalue weighted by molar-refractivity contribution is 5.94. The first kappa shape index (κ1) is 16.1. The summed E-state index contributed by atoms with van der Waals surface area (Å²) >= 11 is 0. The van der Waals surface area contributed by atoms with Crippen molar-refractivity contribution in [2.75, 3.05) is 0 Å². The Morgan fingerprint density at radius 3 is 2.50 bits per heavy atom. The minimum absolute atomic E-state index is 0.114. The maximum Gasteiger partial charge on any atom is 0.255 e. The number of rotatable bonds is 6. The van der Waals surface area contributed by atoms with Crippen LogP contribution in [0, 0.1) is 0 Å². The summed E-state index contributed by atoms with van der Waals surface area (Å²) in [6.07, 6.45) is 1.56. The van der Waals surface area contributed by atoms with Gasteiger partial charge in [0, 0.05) is 0 Å². The molecule has 1 aromatic heterocycles. The molecule has 118 valence electrons. The SMILES string of the molecule is CC(C)Oc1ccc(C(C)NC(=O)c2coc(CN)c2)cc1. The van der Waals surface area contributed by atoms with Gasteiger partial charge in [0.1, 0.15) is 17.8 Å². The first-order chi connectivity index (χ1) is 10.5. The van der Waals surface area contributed by atoms with Crippen LogP contribution < -0.4 is 15.8 Å². The maximum absolute atomic E-state index is 12.1. The molecule has 2 rings (SSSR count). The number of carbonyl (C=O) groups is 1. The van der Waals surface area contributed by atoms with Gasteiger partial charge in [-0.1, -0.05) is 12.1 Å². The van der Waals surface area contributed by atoms with Crippen molar-refractivity contribution >= 4 is 5.91 Å². The predicted molar refractivity (Wildman–Crippen MR) is 84.7 cm³/mol. The van der Waals surface area contributed by atoms with E-state index in [9.17, 15) is 4.79 Å². The molecule has 0 saturated carbocycles. The lowest BCUT2D eigenvalue weighted by Crippen LogP contribution is -2.26. The number of hydrogen-bond donors (Lipinski definition) is 2. The van der Waals surface area contributed by atoms with E-state index in [0.29, 0.717) is 11.3 Å². The fraction of sp³-hybridized carbons (Fsp3) is 0.353. The molecule has 3 N–H and O–H groups in total. The molecule has 0 bridgehead atoms. The summed E-state index contributed by atoms with van der Waals surface area (Å²) in [6.45, 7) is 6.18. The Hall–Kier alpha value is -2.27. The number of amides is 1. The van der Waals surface area contributed by atoms with Gasteiger partial charge in [-0.2, -0.15) is 0 Å². The lowest BCUT2D eigenvalue weighted by atomic mass is 10.1. The number of furan rings is 1. The van der Waals surface area contributed by atoms with Crippen molar-refractivity contribution in [3.05, 3.63) is 53.5 Å². The van der Waals surface area contributed by atoms with Crippen LogP contribution in [-0.2, 0) is 6.54 Å². The number of hydrogen-bond acceptors (Lipinski definition) is 4. The maximum atomic E-state index is 12.1. The quantitative estimate of drug-likeness (QED) is 0.860. The molecule has 0 saturated heterocycles. The van der Waals surface area contributed by atoms with E-state index in [1.807, 2.05) is 45.0 Å². The Kier molecular flexibility index (Phi) is 5.22. The lowest BCUT2D eigenvalue weighted by Gasteiger charge is -2.15. The zero-order valence-electron chi connectivity index (χ0n) is 13.1. The Bertz CT molecular complexity index is 617. The van der Waals surface area contributed by atoms with Gasteiger partial charge in [-0.25, -0.2) is 0 Å². The van der Waals surface area contributed by atoms with Gasteiger partial charge in [-0.05, 0) is 44.5 Å². The summed E-state index contributed by atoms with van der Waals surface area (Å²) in [5.74, 6) is 1.23. The van der Waals surface area contributed by atoms with Crippen LogP contribution in [0.25, 0.3) is 0 Å². The van der Waals surface area contributed by atoms with Gasteiger partial charge >= 0.3 is 0 Å². The van der Waals surface area contributed by atoms with Crippen LogP contribution in [0.2, 0.25) is 0 Å². The van der Waals surface area contributed by atoms with Crippen molar-refractivity contribution in [2.24, 2.45) is 5.73 Å². The molecule has 1 amide bonds. The van der Waals surface area contributed by atoms with E-state index in [1.165, 1.54) is 6.26 Å². The molecular formula is C17H22N2O3. The summed E-state index contributed by atoms with van der Waals surface area (Å²) in [7, 11) is 0. The minimum Gasteiger partial charge on any atom is -0.491 e. The minimum atomic E-state index is -0.182. The second kappa shape index (κ2) is 7.13. The normalized spacial score (nSPS) is 12.2. The van der Waals surface area contributed by atoms with Crippen molar-refractivity contribution in [3.8, 4) is 5.75 Å². The zero-order valence-corrected chi connectivity index (χ0v) is 13.1. The van der Waals surface area contributed by atoms with Crippen molar-refractivity contribution in [2.45, 2.75) is 39.5 Å². The van der Waals surface area contributed by atoms with E-state index in [1.54, 1.807) is 6.07 Å². The Morgan fingerprint density at radius 2 is 1.95 bits per heavy atom. The Balaban J connectivity index is 1.99. The highest BCUT2D eigenvalue weighted by Crippen LogP contribution is 2.19. The van der Waals surface area contributed by atoms with Gasteiger partial charge in [-0.15, -0.1) is 0 Å². The highest BCUT2D eigenvalue weighted by atomic mass is 16.5. The summed E-state index contributed by atoms with van der Waals surface area (Å²) in [5.41, 5.74) is 6.95. The van der Waals surface area contributed by atoms with E-state index in [-0.39, 0.29) is 24.6 Å². The van der Waals surface area contributed by atoms with Gasteiger partial charge in [0.15, 0.2) is 0 Å². The molecule has 5 heteroatoms. The van der Waals surface area contributed by atoms with Crippen molar-refractivity contribution in [1.29, 1.82) is 0 Å². The molecule has 2 aromatic rings.